The van der Waals surface area contributed by atoms with Crippen molar-refractivity contribution in [3.8, 4) is 0 Å². The van der Waals surface area contributed by atoms with Crippen LogP contribution in [0.15, 0.2) is 56.6 Å². The Labute approximate surface area is 117 Å². The van der Waals surface area contributed by atoms with Crippen LogP contribution in [0.25, 0.3) is 0 Å². The molecule has 3 nitrogen and oxygen atoms in total. The zero-order valence-corrected chi connectivity index (χ0v) is 12.0. The summed E-state index contributed by atoms with van der Waals surface area (Å²) < 4.78 is 0. The van der Waals surface area contributed by atoms with E-state index < -0.39 is 0 Å². The highest BCUT2D eigenvalue weighted by Gasteiger charge is 2.01. The zero-order chi connectivity index (χ0) is 14.9. The van der Waals surface area contributed by atoms with Crippen molar-refractivity contribution in [1.29, 1.82) is 0 Å². The van der Waals surface area contributed by atoms with E-state index in [1.165, 1.54) is 5.56 Å². The molecule has 0 bridgehead atoms. The van der Waals surface area contributed by atoms with E-state index in [-0.39, 0.29) is 0 Å². The summed E-state index contributed by atoms with van der Waals surface area (Å²) in [5.41, 5.74) is 1.18. The summed E-state index contributed by atoms with van der Waals surface area (Å²) in [7, 11) is 1.92. The van der Waals surface area contributed by atoms with Gasteiger partial charge in [-0.05, 0) is 25.6 Å². The summed E-state index contributed by atoms with van der Waals surface area (Å²) in [5, 5.41) is 3.07. The smallest absolute Gasteiger partial charge is 0.210 e. The summed E-state index contributed by atoms with van der Waals surface area (Å²) in [6.45, 7) is 14.5. The van der Waals surface area contributed by atoms with E-state index in [9.17, 15) is 4.79 Å². The predicted molar refractivity (Wildman–Crippen MR) is 84.0 cm³/mol. The number of amides is 1. The Hall–Kier alpha value is -1.87. The van der Waals surface area contributed by atoms with Gasteiger partial charge in [0.15, 0.2) is 0 Å². The van der Waals surface area contributed by atoms with E-state index >= 15 is 0 Å². The molecule has 0 aliphatic carbocycles. The van der Waals surface area contributed by atoms with E-state index in [0.717, 1.165) is 25.9 Å². The van der Waals surface area contributed by atoms with Crippen LogP contribution < -0.4 is 5.32 Å². The van der Waals surface area contributed by atoms with Crippen molar-refractivity contribution in [2.24, 2.45) is 0 Å². The summed E-state index contributed by atoms with van der Waals surface area (Å²) in [6.07, 6.45) is 1.91. The molecule has 0 radical (unpaired) electrons. The second-order valence-corrected chi connectivity index (χ2v) is 3.52. The first-order chi connectivity index (χ1) is 9.36. The van der Waals surface area contributed by atoms with E-state index in [0.29, 0.717) is 6.54 Å². The minimum atomic E-state index is 0.702. The maximum Gasteiger partial charge on any atom is 0.210 e. The number of nitrogens with zero attached hydrogens (tertiary/aromatic N) is 1. The summed E-state index contributed by atoms with van der Waals surface area (Å²) in [4.78, 5) is 12.6. The van der Waals surface area contributed by atoms with Crippen LogP contribution in [0.5, 0.6) is 0 Å². The van der Waals surface area contributed by atoms with Crippen LogP contribution in [0, 0.1) is 0 Å². The van der Waals surface area contributed by atoms with Crippen LogP contribution in [0.2, 0.25) is 0 Å². The molecule has 0 saturated carbocycles. The van der Waals surface area contributed by atoms with E-state index in [1.807, 2.05) is 37.4 Å². The Morgan fingerprint density at radius 1 is 1.16 bits per heavy atom. The van der Waals surface area contributed by atoms with Gasteiger partial charge in [0.1, 0.15) is 0 Å². The minimum absolute atomic E-state index is 0.702. The monoisotopic (exact) mass is 262 g/mol. The highest BCUT2D eigenvalue weighted by atomic mass is 16.1. The second kappa shape index (κ2) is 16.1. The van der Waals surface area contributed by atoms with Crippen LogP contribution >= 0.6 is 0 Å². The first-order valence-electron chi connectivity index (χ1n) is 6.24. The van der Waals surface area contributed by atoms with Gasteiger partial charge in [0.2, 0.25) is 6.41 Å². The average Bonchev–Trinajstić information content (AvgIpc) is 2.51. The van der Waals surface area contributed by atoms with Crippen molar-refractivity contribution >= 4 is 6.41 Å². The van der Waals surface area contributed by atoms with Gasteiger partial charge in [-0.1, -0.05) is 30.3 Å². The fourth-order valence-corrected chi connectivity index (χ4v) is 1.45. The molecule has 0 unspecified atom stereocenters. The molecular formula is C16H26N2O. The van der Waals surface area contributed by atoms with Crippen molar-refractivity contribution in [2.45, 2.75) is 13.0 Å². The minimum Gasteiger partial charge on any atom is -0.341 e. The molecule has 19 heavy (non-hydrogen) atoms. The maximum absolute atomic E-state index is 10.8. The van der Waals surface area contributed by atoms with Crippen LogP contribution in [-0.2, 0) is 11.3 Å². The van der Waals surface area contributed by atoms with Gasteiger partial charge in [-0.3, -0.25) is 4.79 Å². The van der Waals surface area contributed by atoms with Gasteiger partial charge in [0.05, 0.1) is 0 Å². The third kappa shape index (κ3) is 11.0. The van der Waals surface area contributed by atoms with E-state index in [2.05, 4.69) is 31.6 Å². The molecule has 106 valence electrons. The number of rotatable bonds is 7. The molecule has 1 rings (SSSR count). The Kier molecular flexibility index (Phi) is 16.5. The molecule has 0 aliphatic rings. The zero-order valence-electron chi connectivity index (χ0n) is 12.0. The molecule has 1 aromatic rings. The van der Waals surface area contributed by atoms with E-state index in [1.54, 1.807) is 4.90 Å². The van der Waals surface area contributed by atoms with Gasteiger partial charge in [0.25, 0.3) is 0 Å². The quantitative estimate of drug-likeness (QED) is 0.465. The van der Waals surface area contributed by atoms with Crippen LogP contribution in [0.4, 0.5) is 0 Å². The lowest BCUT2D eigenvalue weighted by atomic mass is 10.2. The first-order valence-corrected chi connectivity index (χ1v) is 6.24. The van der Waals surface area contributed by atoms with Crippen LogP contribution in [0.3, 0.4) is 0 Å². The average molecular weight is 262 g/mol. The number of nitrogens with one attached hydrogen (secondary N) is 1. The predicted octanol–water partition coefficient (Wildman–Crippen LogP) is 2.86. The molecule has 0 aromatic heterocycles. The third-order valence-electron chi connectivity index (χ3n) is 2.25. The van der Waals surface area contributed by atoms with Crippen molar-refractivity contribution < 1.29 is 4.79 Å². The van der Waals surface area contributed by atoms with Crippen molar-refractivity contribution in [2.75, 3.05) is 20.1 Å². The molecule has 0 atom stereocenters. The Balaban J connectivity index is 0. The molecule has 3 heteroatoms. The molecule has 0 spiro atoms. The van der Waals surface area contributed by atoms with Gasteiger partial charge in [-0.2, -0.15) is 0 Å². The molecule has 1 aromatic carbocycles. The van der Waals surface area contributed by atoms with Gasteiger partial charge in [-0.25, -0.2) is 0 Å². The molecule has 0 aliphatic heterocycles. The molecule has 0 heterocycles. The van der Waals surface area contributed by atoms with Crippen molar-refractivity contribution in [3.05, 3.63) is 62.2 Å². The highest BCUT2D eigenvalue weighted by Crippen LogP contribution is 2.02. The SMILES string of the molecule is C=C.C=C.CNCCCN(C=O)Cc1ccccc1. The number of benzene rings is 1. The van der Waals surface area contributed by atoms with Crippen LogP contribution in [-0.4, -0.2) is 31.4 Å². The molecule has 0 saturated heterocycles. The fraction of sp³-hybridized carbons (Fsp3) is 0.312. The van der Waals surface area contributed by atoms with Crippen molar-refractivity contribution in [1.82, 2.24) is 10.2 Å². The number of hydrogen-bond acceptors (Lipinski definition) is 2. The van der Waals surface area contributed by atoms with Crippen molar-refractivity contribution in [3.63, 3.8) is 0 Å². The maximum atomic E-state index is 10.8. The Morgan fingerprint density at radius 3 is 2.21 bits per heavy atom. The fourth-order valence-electron chi connectivity index (χ4n) is 1.45. The molecule has 0 fully saturated rings. The third-order valence-corrected chi connectivity index (χ3v) is 2.25. The Morgan fingerprint density at radius 2 is 1.74 bits per heavy atom. The number of carbonyl (C=O) groups excluding carboxylic acids is 1. The normalized spacial score (nSPS) is 8.26. The van der Waals surface area contributed by atoms with Gasteiger partial charge in [-0.15, -0.1) is 26.3 Å². The van der Waals surface area contributed by atoms with Crippen LogP contribution in [0.1, 0.15) is 12.0 Å². The summed E-state index contributed by atoms with van der Waals surface area (Å²) in [6, 6.07) is 10.0. The molecule has 1 amide bonds. The standard InChI is InChI=1S/C12H18N2O.2C2H4/c1-13-8-5-9-14(11-15)10-12-6-3-2-4-7-12;2*1-2/h2-4,6-7,11,13H,5,8-10H2,1H3;2*1-2H2. The highest BCUT2D eigenvalue weighted by molar-refractivity contribution is 5.47. The van der Waals surface area contributed by atoms with E-state index in [4.69, 9.17) is 0 Å². The first kappa shape index (κ1) is 19.5. The van der Waals surface area contributed by atoms with Gasteiger partial charge >= 0.3 is 0 Å². The lowest BCUT2D eigenvalue weighted by Gasteiger charge is -2.17. The second-order valence-electron chi connectivity index (χ2n) is 3.52. The summed E-state index contributed by atoms with van der Waals surface area (Å²) >= 11 is 0. The molecule has 1 N–H and O–H groups in total. The van der Waals surface area contributed by atoms with Gasteiger partial charge < -0.3 is 10.2 Å². The Bertz CT molecular complexity index is 299. The lowest BCUT2D eigenvalue weighted by Crippen LogP contribution is -2.25. The largest absolute Gasteiger partial charge is 0.341 e. The topological polar surface area (TPSA) is 32.3 Å². The number of carbonyl (C=O) groups is 1. The lowest BCUT2D eigenvalue weighted by molar-refractivity contribution is -0.118. The molecular weight excluding hydrogens is 236 g/mol. The van der Waals surface area contributed by atoms with Gasteiger partial charge in [0, 0.05) is 13.1 Å². The number of hydrogen-bond donors (Lipinski definition) is 1. The summed E-state index contributed by atoms with van der Waals surface area (Å²) in [5.74, 6) is 0.